The molecule has 72 valence electrons. The molecule has 0 bridgehead atoms. The van der Waals surface area contributed by atoms with Crippen LogP contribution < -0.4 is 10.1 Å². The molecule has 13 heavy (non-hydrogen) atoms. The van der Waals surface area contributed by atoms with Gasteiger partial charge in [0.05, 0.1) is 12.4 Å². The van der Waals surface area contributed by atoms with Gasteiger partial charge in [-0.3, -0.25) is 0 Å². The van der Waals surface area contributed by atoms with Gasteiger partial charge < -0.3 is 10.1 Å². The van der Waals surface area contributed by atoms with Gasteiger partial charge >= 0.3 is 0 Å². The van der Waals surface area contributed by atoms with Crippen molar-refractivity contribution in [1.29, 1.82) is 0 Å². The highest BCUT2D eigenvalue weighted by Gasteiger charge is 2.03. The summed E-state index contributed by atoms with van der Waals surface area (Å²) in [6, 6.07) is 0. The van der Waals surface area contributed by atoms with Crippen LogP contribution in [0.5, 0.6) is 5.75 Å². The zero-order valence-corrected chi connectivity index (χ0v) is 7.00. The lowest BCUT2D eigenvalue weighted by Crippen LogP contribution is -2.07. The Morgan fingerprint density at radius 1 is 1.46 bits per heavy atom. The van der Waals surface area contributed by atoms with E-state index in [0.29, 0.717) is 5.95 Å². The van der Waals surface area contributed by atoms with Crippen LogP contribution in [0.3, 0.4) is 0 Å². The van der Waals surface area contributed by atoms with Crippen molar-refractivity contribution in [2.24, 2.45) is 0 Å². The van der Waals surface area contributed by atoms with Gasteiger partial charge in [0.15, 0.2) is 5.75 Å². The summed E-state index contributed by atoms with van der Waals surface area (Å²) < 4.78 is 28.0. The Kier molecular flexibility index (Phi) is 3.36. The Balaban J connectivity index is 2.49. The number of aromatic nitrogens is 2. The first-order valence-corrected chi connectivity index (χ1v) is 3.63. The van der Waals surface area contributed by atoms with Crippen LogP contribution >= 0.6 is 0 Å². The van der Waals surface area contributed by atoms with E-state index in [-0.39, 0.29) is 5.75 Å². The maximum atomic E-state index is 11.7. The lowest BCUT2D eigenvalue weighted by atomic mass is 10.6. The van der Waals surface area contributed by atoms with E-state index in [9.17, 15) is 8.78 Å². The second kappa shape index (κ2) is 4.54. The number of hydrogen-bond acceptors (Lipinski definition) is 4. The summed E-state index contributed by atoms with van der Waals surface area (Å²) in [6.07, 6.45) is 0.187. The lowest BCUT2D eigenvalue weighted by molar-refractivity contribution is 0.0815. The molecule has 0 amide bonds. The van der Waals surface area contributed by atoms with Gasteiger partial charge in [0.1, 0.15) is 6.61 Å². The molecule has 6 heteroatoms. The Hall–Kier alpha value is -1.46. The van der Waals surface area contributed by atoms with Gasteiger partial charge in [-0.15, -0.1) is 0 Å². The predicted molar refractivity (Wildman–Crippen MR) is 43.1 cm³/mol. The van der Waals surface area contributed by atoms with Crippen molar-refractivity contribution in [2.45, 2.75) is 6.43 Å². The van der Waals surface area contributed by atoms with Crippen molar-refractivity contribution >= 4 is 5.95 Å². The number of halogens is 2. The average molecular weight is 189 g/mol. The van der Waals surface area contributed by atoms with Crippen LogP contribution in [0.15, 0.2) is 12.4 Å². The molecule has 0 aliphatic rings. The molecule has 0 fully saturated rings. The van der Waals surface area contributed by atoms with E-state index in [1.165, 1.54) is 12.4 Å². The Bertz CT molecular complexity index is 252. The molecule has 1 aromatic rings. The molecule has 1 aromatic heterocycles. The summed E-state index contributed by atoms with van der Waals surface area (Å²) >= 11 is 0. The molecule has 0 aromatic carbocycles. The summed E-state index contributed by atoms with van der Waals surface area (Å²) in [4.78, 5) is 7.57. The summed E-state index contributed by atoms with van der Waals surface area (Å²) in [7, 11) is 1.66. The first-order valence-electron chi connectivity index (χ1n) is 3.63. The monoisotopic (exact) mass is 189 g/mol. The standard InChI is InChI=1S/C7H9F2N3O/c1-10-7-11-2-5(3-12-7)13-4-6(8)9/h2-3,6H,4H2,1H3,(H,10,11,12). The van der Waals surface area contributed by atoms with Gasteiger partial charge in [-0.2, -0.15) is 0 Å². The lowest BCUT2D eigenvalue weighted by Gasteiger charge is -2.04. The summed E-state index contributed by atoms with van der Waals surface area (Å²) in [5.41, 5.74) is 0. The van der Waals surface area contributed by atoms with Crippen LogP contribution in [0.4, 0.5) is 14.7 Å². The molecule has 1 N–H and O–H groups in total. The SMILES string of the molecule is CNc1ncc(OCC(F)F)cn1. The minimum atomic E-state index is -2.48. The van der Waals surface area contributed by atoms with E-state index in [1.54, 1.807) is 7.05 Å². The number of hydrogen-bond donors (Lipinski definition) is 1. The van der Waals surface area contributed by atoms with Crippen molar-refractivity contribution in [3.63, 3.8) is 0 Å². The third-order valence-corrected chi connectivity index (χ3v) is 1.23. The number of anilines is 1. The molecule has 0 saturated heterocycles. The van der Waals surface area contributed by atoms with E-state index in [0.717, 1.165) is 0 Å². The van der Waals surface area contributed by atoms with Crippen molar-refractivity contribution in [3.05, 3.63) is 12.4 Å². The topological polar surface area (TPSA) is 47.0 Å². The molecule has 0 aliphatic heterocycles. The molecular weight excluding hydrogens is 180 g/mol. The zero-order chi connectivity index (χ0) is 9.68. The van der Waals surface area contributed by atoms with Crippen molar-refractivity contribution in [2.75, 3.05) is 19.0 Å². The predicted octanol–water partition coefficient (Wildman–Crippen LogP) is 1.16. The van der Waals surface area contributed by atoms with Crippen LogP contribution in [0.1, 0.15) is 0 Å². The van der Waals surface area contributed by atoms with Gasteiger partial charge in [-0.05, 0) is 0 Å². The molecule has 1 heterocycles. The fourth-order valence-corrected chi connectivity index (χ4v) is 0.679. The normalized spacial score (nSPS) is 10.2. The largest absolute Gasteiger partial charge is 0.484 e. The van der Waals surface area contributed by atoms with Gasteiger partial charge in [-0.25, -0.2) is 18.7 Å². The first-order chi connectivity index (χ1) is 6.22. The van der Waals surface area contributed by atoms with Gasteiger partial charge in [-0.1, -0.05) is 0 Å². The Morgan fingerprint density at radius 3 is 2.54 bits per heavy atom. The van der Waals surface area contributed by atoms with E-state index in [2.05, 4.69) is 20.0 Å². The molecule has 0 aliphatic carbocycles. The fraction of sp³-hybridized carbons (Fsp3) is 0.429. The summed E-state index contributed by atoms with van der Waals surface area (Å²) in [5, 5.41) is 2.69. The van der Waals surface area contributed by atoms with E-state index < -0.39 is 13.0 Å². The molecule has 0 unspecified atom stereocenters. The maximum Gasteiger partial charge on any atom is 0.272 e. The Morgan fingerprint density at radius 2 is 2.08 bits per heavy atom. The number of ether oxygens (including phenoxy) is 1. The number of nitrogens with one attached hydrogen (secondary N) is 1. The van der Waals surface area contributed by atoms with Crippen molar-refractivity contribution in [1.82, 2.24) is 9.97 Å². The fourth-order valence-electron chi connectivity index (χ4n) is 0.679. The van der Waals surface area contributed by atoms with E-state index in [1.807, 2.05) is 0 Å². The number of rotatable bonds is 4. The van der Waals surface area contributed by atoms with Gasteiger partial charge in [0.2, 0.25) is 5.95 Å². The van der Waals surface area contributed by atoms with Crippen LogP contribution in [0, 0.1) is 0 Å². The molecular formula is C7H9F2N3O. The van der Waals surface area contributed by atoms with Crippen LogP contribution in [-0.4, -0.2) is 30.0 Å². The number of nitrogens with zero attached hydrogens (tertiary/aromatic N) is 2. The van der Waals surface area contributed by atoms with Crippen LogP contribution in [0.2, 0.25) is 0 Å². The quantitative estimate of drug-likeness (QED) is 0.772. The second-order valence-corrected chi connectivity index (χ2v) is 2.19. The summed E-state index contributed by atoms with van der Waals surface area (Å²) in [5.74, 6) is 0.656. The molecule has 1 rings (SSSR count). The maximum absolute atomic E-state index is 11.7. The summed E-state index contributed by atoms with van der Waals surface area (Å²) in [6.45, 7) is -0.637. The highest BCUT2D eigenvalue weighted by atomic mass is 19.3. The van der Waals surface area contributed by atoms with Crippen molar-refractivity contribution in [3.8, 4) is 5.75 Å². The smallest absolute Gasteiger partial charge is 0.272 e. The third-order valence-electron chi connectivity index (χ3n) is 1.23. The van der Waals surface area contributed by atoms with Crippen LogP contribution in [0.25, 0.3) is 0 Å². The second-order valence-electron chi connectivity index (χ2n) is 2.19. The molecule has 0 spiro atoms. The molecule has 0 saturated carbocycles. The Labute approximate surface area is 74.0 Å². The van der Waals surface area contributed by atoms with Gasteiger partial charge in [0, 0.05) is 7.05 Å². The highest BCUT2D eigenvalue weighted by molar-refractivity contribution is 5.25. The highest BCUT2D eigenvalue weighted by Crippen LogP contribution is 2.08. The molecule has 0 atom stereocenters. The first kappa shape index (κ1) is 9.63. The van der Waals surface area contributed by atoms with E-state index in [4.69, 9.17) is 0 Å². The van der Waals surface area contributed by atoms with Gasteiger partial charge in [0.25, 0.3) is 6.43 Å². The minimum Gasteiger partial charge on any atom is -0.484 e. The third kappa shape index (κ3) is 3.18. The average Bonchev–Trinajstić information content (AvgIpc) is 2.15. The molecule has 0 radical (unpaired) electrons. The molecule has 4 nitrogen and oxygen atoms in total. The van der Waals surface area contributed by atoms with Crippen LogP contribution in [-0.2, 0) is 0 Å². The number of alkyl halides is 2. The minimum absolute atomic E-state index is 0.235. The van der Waals surface area contributed by atoms with Crippen molar-refractivity contribution < 1.29 is 13.5 Å². The van der Waals surface area contributed by atoms with E-state index >= 15 is 0 Å². The zero-order valence-electron chi connectivity index (χ0n) is 7.00.